The fourth-order valence-corrected chi connectivity index (χ4v) is 2.14. The van der Waals surface area contributed by atoms with Gasteiger partial charge in [0.2, 0.25) is 0 Å². The van der Waals surface area contributed by atoms with Crippen LogP contribution in [0.5, 0.6) is 11.5 Å². The van der Waals surface area contributed by atoms with Crippen molar-refractivity contribution in [2.24, 2.45) is 0 Å². The van der Waals surface area contributed by atoms with Crippen molar-refractivity contribution in [1.29, 1.82) is 0 Å². The topological polar surface area (TPSA) is 43.4 Å². The van der Waals surface area contributed by atoms with Gasteiger partial charge in [0.25, 0.3) is 0 Å². The number of rotatable bonds is 7. The average Bonchev–Trinajstić information content (AvgIpc) is 3.36. The molecule has 0 saturated heterocycles. The highest BCUT2D eigenvalue weighted by Gasteiger charge is 2.20. The number of methoxy groups -OCH3 is 1. The Hall–Kier alpha value is -2.07. The van der Waals surface area contributed by atoms with Crippen molar-refractivity contribution < 1.29 is 9.47 Å². The molecule has 0 bridgehead atoms. The van der Waals surface area contributed by atoms with Crippen LogP contribution in [-0.2, 0) is 13.2 Å². The van der Waals surface area contributed by atoms with Gasteiger partial charge in [0, 0.05) is 30.5 Å². The van der Waals surface area contributed by atoms with Gasteiger partial charge in [0.1, 0.15) is 6.61 Å². The minimum Gasteiger partial charge on any atom is -0.493 e. The van der Waals surface area contributed by atoms with Gasteiger partial charge in [-0.2, -0.15) is 0 Å². The lowest BCUT2D eigenvalue weighted by atomic mass is 10.2. The van der Waals surface area contributed by atoms with E-state index in [1.54, 1.807) is 19.5 Å². The first-order valence-corrected chi connectivity index (χ1v) is 7.27. The molecule has 1 heterocycles. The highest BCUT2D eigenvalue weighted by Crippen LogP contribution is 2.29. The lowest BCUT2D eigenvalue weighted by molar-refractivity contribution is 0.284. The molecule has 1 aliphatic rings. The molecule has 0 unspecified atom stereocenters. The lowest BCUT2D eigenvalue weighted by Crippen LogP contribution is -2.15. The van der Waals surface area contributed by atoms with Crippen LogP contribution in [0.4, 0.5) is 0 Å². The van der Waals surface area contributed by atoms with Crippen LogP contribution in [0.3, 0.4) is 0 Å². The van der Waals surface area contributed by atoms with Crippen LogP contribution in [0, 0.1) is 0 Å². The number of ether oxygens (including phenoxy) is 2. The third-order valence-corrected chi connectivity index (χ3v) is 3.52. The second-order valence-corrected chi connectivity index (χ2v) is 5.29. The van der Waals surface area contributed by atoms with Crippen molar-refractivity contribution in [3.63, 3.8) is 0 Å². The predicted molar refractivity (Wildman–Crippen MR) is 81.4 cm³/mol. The molecule has 0 atom stereocenters. The largest absolute Gasteiger partial charge is 0.493 e. The quantitative estimate of drug-likeness (QED) is 0.849. The molecule has 0 radical (unpaired) electrons. The molecule has 2 aromatic rings. The molecule has 1 N–H and O–H groups in total. The minimum atomic E-state index is 0.490. The van der Waals surface area contributed by atoms with Crippen LogP contribution in [0.2, 0.25) is 0 Å². The Balaban J connectivity index is 1.63. The normalized spacial score (nSPS) is 14.0. The molecule has 0 spiro atoms. The summed E-state index contributed by atoms with van der Waals surface area (Å²) in [5, 5.41) is 3.50. The van der Waals surface area contributed by atoms with Gasteiger partial charge in [-0.3, -0.25) is 4.98 Å². The molecule has 1 fully saturated rings. The van der Waals surface area contributed by atoms with Gasteiger partial charge in [0.05, 0.1) is 7.11 Å². The molecule has 1 aromatic carbocycles. The van der Waals surface area contributed by atoms with E-state index < -0.39 is 0 Å². The Morgan fingerprint density at radius 3 is 2.81 bits per heavy atom. The van der Waals surface area contributed by atoms with Crippen LogP contribution in [0.1, 0.15) is 24.0 Å². The van der Waals surface area contributed by atoms with Gasteiger partial charge in [0.15, 0.2) is 11.5 Å². The smallest absolute Gasteiger partial charge is 0.161 e. The molecule has 3 rings (SSSR count). The van der Waals surface area contributed by atoms with E-state index in [2.05, 4.69) is 16.4 Å². The van der Waals surface area contributed by atoms with Crippen molar-refractivity contribution in [2.45, 2.75) is 32.0 Å². The highest BCUT2D eigenvalue weighted by atomic mass is 16.5. The fraction of sp³-hybridized carbons (Fsp3) is 0.353. The van der Waals surface area contributed by atoms with E-state index in [1.165, 1.54) is 18.4 Å². The molecule has 1 saturated carbocycles. The first-order valence-electron chi connectivity index (χ1n) is 7.27. The maximum absolute atomic E-state index is 5.82. The summed E-state index contributed by atoms with van der Waals surface area (Å²) in [5.74, 6) is 1.53. The van der Waals surface area contributed by atoms with E-state index in [0.29, 0.717) is 12.6 Å². The van der Waals surface area contributed by atoms with E-state index in [-0.39, 0.29) is 0 Å². The van der Waals surface area contributed by atoms with Gasteiger partial charge >= 0.3 is 0 Å². The molecule has 0 amide bonds. The summed E-state index contributed by atoms with van der Waals surface area (Å²) < 4.78 is 11.3. The number of nitrogens with zero attached hydrogens (tertiary/aromatic N) is 1. The number of benzene rings is 1. The number of aromatic nitrogens is 1. The molecule has 0 aliphatic heterocycles. The van der Waals surface area contributed by atoms with Crippen LogP contribution >= 0.6 is 0 Å². The molecule has 4 heteroatoms. The second-order valence-electron chi connectivity index (χ2n) is 5.29. The molecule has 110 valence electrons. The van der Waals surface area contributed by atoms with Gasteiger partial charge in [-0.15, -0.1) is 0 Å². The number of pyridine rings is 1. The Morgan fingerprint density at radius 2 is 2.10 bits per heavy atom. The zero-order valence-electron chi connectivity index (χ0n) is 12.2. The standard InChI is InChI=1S/C17H20N2O2/c1-20-17-9-13(11-19-15-5-6-15)4-7-16(17)21-12-14-3-2-8-18-10-14/h2-4,7-10,15,19H,5-6,11-12H2,1H3. The first kappa shape index (κ1) is 13.9. The van der Waals surface area contributed by atoms with Crippen molar-refractivity contribution >= 4 is 0 Å². The van der Waals surface area contributed by atoms with E-state index in [9.17, 15) is 0 Å². The lowest BCUT2D eigenvalue weighted by Gasteiger charge is -2.12. The van der Waals surface area contributed by atoms with Crippen molar-refractivity contribution in [1.82, 2.24) is 10.3 Å². The van der Waals surface area contributed by atoms with Crippen molar-refractivity contribution in [3.05, 3.63) is 53.9 Å². The zero-order valence-corrected chi connectivity index (χ0v) is 12.2. The van der Waals surface area contributed by atoms with E-state index in [0.717, 1.165) is 23.6 Å². The van der Waals surface area contributed by atoms with Crippen molar-refractivity contribution in [3.8, 4) is 11.5 Å². The van der Waals surface area contributed by atoms with Crippen LogP contribution < -0.4 is 14.8 Å². The Bertz CT molecular complexity index is 583. The molecule has 21 heavy (non-hydrogen) atoms. The molecular formula is C17H20N2O2. The number of hydrogen-bond donors (Lipinski definition) is 1. The summed E-state index contributed by atoms with van der Waals surface area (Å²) >= 11 is 0. The Labute approximate surface area is 125 Å². The summed E-state index contributed by atoms with van der Waals surface area (Å²) in [6, 6.07) is 10.7. The SMILES string of the molecule is COc1cc(CNC2CC2)ccc1OCc1cccnc1. The second kappa shape index (κ2) is 6.59. The molecule has 1 aromatic heterocycles. The maximum Gasteiger partial charge on any atom is 0.161 e. The zero-order chi connectivity index (χ0) is 14.5. The molecule has 4 nitrogen and oxygen atoms in total. The molecular weight excluding hydrogens is 264 g/mol. The summed E-state index contributed by atoms with van der Waals surface area (Å²) in [6.07, 6.45) is 6.15. The number of hydrogen-bond acceptors (Lipinski definition) is 4. The van der Waals surface area contributed by atoms with Gasteiger partial charge in [-0.05, 0) is 36.6 Å². The third kappa shape index (κ3) is 3.95. The van der Waals surface area contributed by atoms with Crippen LogP contribution in [-0.4, -0.2) is 18.1 Å². The van der Waals surface area contributed by atoms with Crippen LogP contribution in [0.25, 0.3) is 0 Å². The molecule has 1 aliphatic carbocycles. The first-order chi connectivity index (χ1) is 10.3. The summed E-state index contributed by atoms with van der Waals surface area (Å²) in [5.41, 5.74) is 2.26. The van der Waals surface area contributed by atoms with E-state index >= 15 is 0 Å². The van der Waals surface area contributed by atoms with Crippen molar-refractivity contribution in [2.75, 3.05) is 7.11 Å². The number of nitrogens with one attached hydrogen (secondary N) is 1. The predicted octanol–water partition coefficient (Wildman–Crippen LogP) is 2.92. The van der Waals surface area contributed by atoms with Gasteiger partial charge in [-0.1, -0.05) is 12.1 Å². The van der Waals surface area contributed by atoms with E-state index in [4.69, 9.17) is 9.47 Å². The highest BCUT2D eigenvalue weighted by molar-refractivity contribution is 5.43. The Morgan fingerprint density at radius 1 is 1.19 bits per heavy atom. The van der Waals surface area contributed by atoms with E-state index in [1.807, 2.05) is 24.3 Å². The summed E-state index contributed by atoms with van der Waals surface area (Å²) in [6.45, 7) is 1.37. The minimum absolute atomic E-state index is 0.490. The third-order valence-electron chi connectivity index (χ3n) is 3.52. The van der Waals surface area contributed by atoms with Gasteiger partial charge < -0.3 is 14.8 Å². The Kier molecular flexibility index (Phi) is 4.36. The monoisotopic (exact) mass is 284 g/mol. The average molecular weight is 284 g/mol. The summed E-state index contributed by atoms with van der Waals surface area (Å²) in [4.78, 5) is 4.08. The summed E-state index contributed by atoms with van der Waals surface area (Å²) in [7, 11) is 1.67. The fourth-order valence-electron chi connectivity index (χ4n) is 2.14. The maximum atomic E-state index is 5.82. The van der Waals surface area contributed by atoms with Crippen LogP contribution in [0.15, 0.2) is 42.7 Å². The van der Waals surface area contributed by atoms with Gasteiger partial charge in [-0.25, -0.2) is 0 Å².